The first kappa shape index (κ1) is 21.4. The monoisotopic (exact) mass is 441 g/mol. The molecule has 2 aromatic carbocycles. The number of thiazole rings is 1. The Kier molecular flexibility index (Phi) is 6.92. The van der Waals surface area contributed by atoms with Crippen molar-refractivity contribution >= 4 is 17.6 Å². The molecule has 0 unspecified atom stereocenters. The fraction of sp³-hybridized carbons (Fsp3) is 0.333. The lowest BCUT2D eigenvalue weighted by Gasteiger charge is -2.16. The van der Waals surface area contributed by atoms with Gasteiger partial charge in [-0.2, -0.15) is 13.9 Å². The molecule has 31 heavy (non-hydrogen) atoms. The quantitative estimate of drug-likeness (QED) is 0.417. The molecule has 0 radical (unpaired) electrons. The topological polar surface area (TPSA) is 38.9 Å². The van der Waals surface area contributed by atoms with E-state index in [4.69, 9.17) is 10.1 Å². The van der Waals surface area contributed by atoms with Gasteiger partial charge in [0.2, 0.25) is 4.80 Å². The number of aromatic nitrogens is 1. The summed E-state index contributed by atoms with van der Waals surface area (Å²) in [7, 11) is 0. The highest BCUT2D eigenvalue weighted by Gasteiger charge is 2.14. The Bertz CT molecular complexity index is 1100. The van der Waals surface area contributed by atoms with Gasteiger partial charge in [-0.1, -0.05) is 49.1 Å². The first-order chi connectivity index (χ1) is 15.1. The van der Waals surface area contributed by atoms with Gasteiger partial charge in [0.15, 0.2) is 0 Å². The van der Waals surface area contributed by atoms with Crippen molar-refractivity contribution in [2.24, 2.45) is 10.1 Å². The third-order valence-electron chi connectivity index (χ3n) is 5.29. The first-order valence-corrected chi connectivity index (χ1v) is 11.4. The second kappa shape index (κ2) is 10.0. The van der Waals surface area contributed by atoms with Crippen molar-refractivity contribution in [3.05, 3.63) is 69.8 Å². The molecule has 0 spiro atoms. The number of nitrogens with zero attached hydrogens (tertiary/aromatic N) is 3. The predicted octanol–water partition coefficient (Wildman–Crippen LogP) is 6.24. The van der Waals surface area contributed by atoms with Gasteiger partial charge in [-0.3, -0.25) is 4.99 Å². The van der Waals surface area contributed by atoms with Crippen molar-refractivity contribution in [3.63, 3.8) is 0 Å². The van der Waals surface area contributed by atoms with Crippen LogP contribution in [0.15, 0.2) is 64.0 Å². The average molecular weight is 442 g/mol. The number of alkyl halides is 2. The van der Waals surface area contributed by atoms with Crippen LogP contribution < -0.4 is 9.54 Å². The van der Waals surface area contributed by atoms with E-state index in [1.165, 1.54) is 24.8 Å². The minimum atomic E-state index is -2.84. The molecule has 1 saturated carbocycles. The van der Waals surface area contributed by atoms with Crippen LogP contribution >= 0.6 is 11.3 Å². The van der Waals surface area contributed by atoms with Crippen molar-refractivity contribution in [1.29, 1.82) is 0 Å². The van der Waals surface area contributed by atoms with E-state index in [0.717, 1.165) is 34.5 Å². The predicted molar refractivity (Wildman–Crippen MR) is 121 cm³/mol. The summed E-state index contributed by atoms with van der Waals surface area (Å²) in [5.74, 6) is 0.135. The largest absolute Gasteiger partial charge is 0.435 e. The summed E-state index contributed by atoms with van der Waals surface area (Å²) in [5.41, 5.74) is 3.91. The van der Waals surface area contributed by atoms with Gasteiger partial charge in [-0.05, 0) is 49.6 Å². The smallest absolute Gasteiger partial charge is 0.387 e. The van der Waals surface area contributed by atoms with E-state index in [2.05, 4.69) is 10.8 Å². The molecule has 4 nitrogen and oxygen atoms in total. The van der Waals surface area contributed by atoms with Gasteiger partial charge in [0, 0.05) is 10.9 Å². The van der Waals surface area contributed by atoms with Crippen LogP contribution in [-0.4, -0.2) is 23.5 Å². The van der Waals surface area contributed by atoms with Crippen molar-refractivity contribution in [2.75, 3.05) is 0 Å². The zero-order chi connectivity index (χ0) is 21.6. The first-order valence-electron chi connectivity index (χ1n) is 10.5. The van der Waals surface area contributed by atoms with Gasteiger partial charge in [-0.15, -0.1) is 11.3 Å². The second-order valence-electron chi connectivity index (χ2n) is 7.70. The Labute approximate surface area is 184 Å². The van der Waals surface area contributed by atoms with Crippen LogP contribution in [0.2, 0.25) is 0 Å². The summed E-state index contributed by atoms with van der Waals surface area (Å²) >= 11 is 1.55. The fourth-order valence-corrected chi connectivity index (χ4v) is 4.65. The minimum Gasteiger partial charge on any atom is -0.435 e. The molecule has 1 heterocycles. The molecule has 0 N–H and O–H groups in total. The maximum atomic E-state index is 12.5. The fourth-order valence-electron chi connectivity index (χ4n) is 3.75. The molecule has 0 saturated heterocycles. The lowest BCUT2D eigenvalue weighted by atomic mass is 9.96. The minimum absolute atomic E-state index is 0.135. The highest BCUT2D eigenvalue weighted by Crippen LogP contribution is 2.25. The molecule has 0 aliphatic heterocycles. The number of hydrogen-bond acceptors (Lipinski definition) is 4. The molecule has 1 aliphatic rings. The summed E-state index contributed by atoms with van der Waals surface area (Å²) < 4.78 is 31.3. The Morgan fingerprint density at radius 2 is 1.87 bits per heavy atom. The number of hydrogen-bond donors (Lipinski definition) is 0. The standard InChI is InChI=1S/C24H25F2N3OS/c1-17-6-5-7-18(14-17)15-27-29-22(19-10-12-21(13-11-19)30-23(25)26)16-31-24(29)28-20-8-3-2-4-9-20/h5-7,10-16,20,23H,2-4,8-9H2,1H3. The van der Waals surface area contributed by atoms with Gasteiger partial charge in [-0.25, -0.2) is 4.68 Å². The van der Waals surface area contributed by atoms with Gasteiger partial charge >= 0.3 is 6.61 Å². The normalized spacial score (nSPS) is 15.8. The molecular weight excluding hydrogens is 416 g/mol. The van der Waals surface area contributed by atoms with E-state index in [0.29, 0.717) is 6.04 Å². The SMILES string of the molecule is Cc1cccc(C=Nn2c(-c3ccc(OC(F)F)cc3)csc2=NC2CCCCC2)c1. The second-order valence-corrected chi connectivity index (χ2v) is 8.53. The summed E-state index contributed by atoms with van der Waals surface area (Å²) in [5, 5.41) is 6.76. The summed E-state index contributed by atoms with van der Waals surface area (Å²) in [6.45, 7) is -0.787. The molecule has 162 valence electrons. The highest BCUT2D eigenvalue weighted by atomic mass is 32.1. The Balaban J connectivity index is 1.71. The molecule has 0 bridgehead atoms. The maximum absolute atomic E-state index is 12.5. The van der Waals surface area contributed by atoms with Gasteiger partial charge in [0.25, 0.3) is 0 Å². The molecule has 1 fully saturated rings. The molecule has 0 amide bonds. The molecular formula is C24H25F2N3OS. The molecule has 3 aromatic rings. The Morgan fingerprint density at radius 3 is 2.58 bits per heavy atom. The molecule has 1 aliphatic carbocycles. The van der Waals surface area contributed by atoms with E-state index in [1.54, 1.807) is 35.6 Å². The van der Waals surface area contributed by atoms with Crippen molar-refractivity contribution < 1.29 is 13.5 Å². The van der Waals surface area contributed by atoms with Crippen molar-refractivity contribution in [1.82, 2.24) is 4.68 Å². The Hall–Kier alpha value is -2.80. The third kappa shape index (κ3) is 5.67. The van der Waals surface area contributed by atoms with Gasteiger partial charge < -0.3 is 4.74 Å². The number of aryl methyl sites for hydroxylation is 1. The van der Waals surface area contributed by atoms with Crippen molar-refractivity contribution in [2.45, 2.75) is 51.7 Å². The van der Waals surface area contributed by atoms with Crippen LogP contribution in [-0.2, 0) is 0 Å². The molecule has 0 atom stereocenters. The highest BCUT2D eigenvalue weighted by molar-refractivity contribution is 7.07. The zero-order valence-electron chi connectivity index (χ0n) is 17.4. The van der Waals surface area contributed by atoms with E-state index in [9.17, 15) is 8.78 Å². The lowest BCUT2D eigenvalue weighted by molar-refractivity contribution is -0.0498. The van der Waals surface area contributed by atoms with Gasteiger partial charge in [0.05, 0.1) is 18.0 Å². The Morgan fingerprint density at radius 1 is 1.10 bits per heavy atom. The van der Waals surface area contributed by atoms with Crippen LogP contribution in [0.5, 0.6) is 5.75 Å². The van der Waals surface area contributed by atoms with E-state index >= 15 is 0 Å². The molecule has 4 rings (SSSR count). The summed E-state index contributed by atoms with van der Waals surface area (Å²) in [4.78, 5) is 5.84. The zero-order valence-corrected chi connectivity index (χ0v) is 18.2. The van der Waals surface area contributed by atoms with E-state index < -0.39 is 6.61 Å². The maximum Gasteiger partial charge on any atom is 0.387 e. The molecule has 7 heteroatoms. The van der Waals surface area contributed by atoms with Crippen LogP contribution in [0.3, 0.4) is 0 Å². The van der Waals surface area contributed by atoms with Gasteiger partial charge in [0.1, 0.15) is 5.75 Å². The lowest BCUT2D eigenvalue weighted by Crippen LogP contribution is -2.19. The summed E-state index contributed by atoms with van der Waals surface area (Å²) in [6.07, 6.45) is 7.75. The van der Waals surface area contributed by atoms with E-state index in [-0.39, 0.29) is 5.75 Å². The number of rotatable bonds is 6. The third-order valence-corrected chi connectivity index (χ3v) is 6.12. The van der Waals surface area contributed by atoms with Crippen molar-refractivity contribution in [3.8, 4) is 17.0 Å². The number of benzene rings is 2. The van der Waals surface area contributed by atoms with Crippen LogP contribution in [0.4, 0.5) is 8.78 Å². The average Bonchev–Trinajstić information content (AvgIpc) is 3.15. The van der Waals surface area contributed by atoms with Crippen LogP contribution in [0.25, 0.3) is 11.3 Å². The van der Waals surface area contributed by atoms with E-state index in [1.807, 2.05) is 41.4 Å². The number of ether oxygens (including phenoxy) is 1. The van der Waals surface area contributed by atoms with Crippen LogP contribution in [0.1, 0.15) is 43.2 Å². The number of halogens is 2. The molecule has 1 aromatic heterocycles. The van der Waals surface area contributed by atoms with Crippen LogP contribution in [0, 0.1) is 6.92 Å². The summed E-state index contributed by atoms with van der Waals surface area (Å²) in [6, 6.07) is 15.1.